The summed E-state index contributed by atoms with van der Waals surface area (Å²) in [5.74, 6) is -1.00. The van der Waals surface area contributed by atoms with Crippen LogP contribution in [0.1, 0.15) is 28.7 Å². The van der Waals surface area contributed by atoms with Crippen LogP contribution < -0.4 is 5.56 Å². The van der Waals surface area contributed by atoms with Crippen molar-refractivity contribution in [3.05, 3.63) is 63.6 Å². The maximum absolute atomic E-state index is 13.0. The van der Waals surface area contributed by atoms with Crippen molar-refractivity contribution >= 4 is 11.7 Å². The third-order valence-electron chi connectivity index (χ3n) is 3.41. The lowest BCUT2D eigenvalue weighted by Crippen LogP contribution is -2.26. The van der Waals surface area contributed by atoms with E-state index in [1.807, 2.05) is 6.92 Å². The largest absolute Gasteiger partial charge is 0.477 e. The molecule has 0 aliphatic rings. The zero-order chi connectivity index (χ0) is 16.6. The van der Waals surface area contributed by atoms with Crippen molar-refractivity contribution in [2.24, 2.45) is 0 Å². The van der Waals surface area contributed by atoms with Crippen LogP contribution in [0.3, 0.4) is 0 Å². The number of nitrogens with zero attached hydrogens (tertiary/aromatic N) is 4. The van der Waals surface area contributed by atoms with Crippen LogP contribution in [0, 0.1) is 5.82 Å². The van der Waals surface area contributed by atoms with E-state index in [1.54, 1.807) is 12.1 Å². The van der Waals surface area contributed by atoms with E-state index in [0.29, 0.717) is 12.2 Å². The lowest BCUT2D eigenvalue weighted by Gasteiger charge is -2.09. The number of carboxylic acids is 1. The molecule has 0 saturated heterocycles. The van der Waals surface area contributed by atoms with Crippen LogP contribution in [0.2, 0.25) is 0 Å². The highest BCUT2D eigenvalue weighted by Gasteiger charge is 2.17. The van der Waals surface area contributed by atoms with E-state index in [0.717, 1.165) is 10.1 Å². The quantitative estimate of drug-likeness (QED) is 0.784. The van der Waals surface area contributed by atoms with Crippen LogP contribution in [0.5, 0.6) is 0 Å². The molecule has 0 fully saturated rings. The molecule has 2 aromatic heterocycles. The van der Waals surface area contributed by atoms with E-state index < -0.39 is 17.1 Å². The molecule has 0 radical (unpaired) electrons. The number of benzene rings is 1. The van der Waals surface area contributed by atoms with Gasteiger partial charge >= 0.3 is 5.97 Å². The van der Waals surface area contributed by atoms with E-state index in [4.69, 9.17) is 0 Å². The number of carboxylic acid groups (broad SMARTS) is 1. The summed E-state index contributed by atoms with van der Waals surface area (Å²) in [4.78, 5) is 27.7. The number of aromatic nitrogens is 4. The van der Waals surface area contributed by atoms with Gasteiger partial charge in [0.1, 0.15) is 11.4 Å². The van der Waals surface area contributed by atoms with E-state index >= 15 is 0 Å². The van der Waals surface area contributed by atoms with Gasteiger partial charge in [-0.25, -0.2) is 9.18 Å². The average molecular weight is 316 g/mol. The van der Waals surface area contributed by atoms with Gasteiger partial charge in [0.05, 0.1) is 6.54 Å². The van der Waals surface area contributed by atoms with Gasteiger partial charge in [0, 0.05) is 12.6 Å². The Morgan fingerprint density at radius 2 is 2.00 bits per heavy atom. The number of rotatable bonds is 4. The summed E-state index contributed by atoms with van der Waals surface area (Å²) >= 11 is 0. The second kappa shape index (κ2) is 5.64. The lowest BCUT2D eigenvalue weighted by molar-refractivity contribution is 0.0693. The van der Waals surface area contributed by atoms with Crippen LogP contribution in [-0.4, -0.2) is 30.2 Å². The summed E-state index contributed by atoms with van der Waals surface area (Å²) < 4.78 is 15.5. The minimum Gasteiger partial charge on any atom is -0.477 e. The highest BCUT2D eigenvalue weighted by atomic mass is 19.1. The van der Waals surface area contributed by atoms with Gasteiger partial charge in [-0.2, -0.15) is 9.50 Å². The normalized spacial score (nSPS) is 11.0. The summed E-state index contributed by atoms with van der Waals surface area (Å²) in [5.41, 5.74) is -0.378. The number of aromatic carboxylic acids is 1. The lowest BCUT2D eigenvalue weighted by atomic mass is 10.2. The maximum atomic E-state index is 13.0. The molecule has 8 heteroatoms. The Labute approximate surface area is 129 Å². The monoisotopic (exact) mass is 316 g/mol. The number of carbonyl (C=O) groups is 1. The Bertz CT molecular complexity index is 944. The Morgan fingerprint density at radius 3 is 2.61 bits per heavy atom. The molecular weight excluding hydrogens is 303 g/mol. The summed E-state index contributed by atoms with van der Waals surface area (Å²) in [7, 11) is 0. The Morgan fingerprint density at radius 1 is 1.30 bits per heavy atom. The molecule has 1 N–H and O–H groups in total. The zero-order valence-corrected chi connectivity index (χ0v) is 12.2. The van der Waals surface area contributed by atoms with Gasteiger partial charge in [-0.05, 0) is 17.7 Å². The molecule has 23 heavy (non-hydrogen) atoms. The first-order valence-electron chi connectivity index (χ1n) is 6.96. The predicted molar refractivity (Wildman–Crippen MR) is 79.1 cm³/mol. The first-order chi connectivity index (χ1) is 11.0. The number of fused-ring (bicyclic) bond motifs is 1. The third-order valence-corrected chi connectivity index (χ3v) is 3.41. The van der Waals surface area contributed by atoms with Crippen LogP contribution in [0.4, 0.5) is 4.39 Å². The summed E-state index contributed by atoms with van der Waals surface area (Å²) in [6.45, 7) is 2.08. The van der Waals surface area contributed by atoms with Crippen molar-refractivity contribution in [1.29, 1.82) is 0 Å². The molecular formula is C15H13FN4O3. The Kier molecular flexibility index (Phi) is 3.65. The molecule has 7 nitrogen and oxygen atoms in total. The second-order valence-corrected chi connectivity index (χ2v) is 5.00. The van der Waals surface area contributed by atoms with Gasteiger partial charge in [-0.1, -0.05) is 19.1 Å². The van der Waals surface area contributed by atoms with Gasteiger partial charge in [0.2, 0.25) is 5.78 Å². The molecule has 0 aliphatic carbocycles. The fourth-order valence-electron chi connectivity index (χ4n) is 2.25. The fraction of sp³-hybridized carbons (Fsp3) is 0.200. The number of aryl methyl sites for hydroxylation is 1. The van der Waals surface area contributed by atoms with Crippen LogP contribution in [-0.2, 0) is 13.0 Å². The van der Waals surface area contributed by atoms with Crippen LogP contribution in [0.25, 0.3) is 5.78 Å². The summed E-state index contributed by atoms with van der Waals surface area (Å²) in [6, 6.07) is 5.80. The van der Waals surface area contributed by atoms with E-state index in [9.17, 15) is 19.1 Å². The third kappa shape index (κ3) is 2.70. The zero-order valence-electron chi connectivity index (χ0n) is 12.2. The molecule has 0 aliphatic heterocycles. The summed E-state index contributed by atoms with van der Waals surface area (Å²) in [5, 5.41) is 13.2. The van der Waals surface area contributed by atoms with Crippen molar-refractivity contribution < 1.29 is 14.3 Å². The molecule has 0 unspecified atom stereocenters. The summed E-state index contributed by atoms with van der Waals surface area (Å²) in [6.07, 6.45) is 1.75. The highest BCUT2D eigenvalue weighted by molar-refractivity contribution is 5.87. The Hall–Kier alpha value is -3.03. The number of hydrogen-bond donors (Lipinski definition) is 1. The van der Waals surface area contributed by atoms with Gasteiger partial charge in [0.15, 0.2) is 5.82 Å². The van der Waals surface area contributed by atoms with Gasteiger partial charge in [-0.3, -0.25) is 4.79 Å². The van der Waals surface area contributed by atoms with E-state index in [1.165, 1.54) is 22.9 Å². The van der Waals surface area contributed by atoms with E-state index in [2.05, 4.69) is 10.1 Å². The standard InChI is InChI=1S/C15H13FN4O3/c1-2-12-17-15-19(7-9-3-5-10(16)6-4-9)8-11(14(22)23)13(21)20(15)18-12/h3-6,8H,2,7H2,1H3,(H,22,23). The molecule has 1 aromatic carbocycles. The molecule has 2 heterocycles. The average Bonchev–Trinajstić information content (AvgIpc) is 2.97. The molecule has 0 atom stereocenters. The molecule has 0 bridgehead atoms. The first-order valence-corrected chi connectivity index (χ1v) is 6.96. The molecule has 0 spiro atoms. The van der Waals surface area contributed by atoms with Gasteiger partial charge in [-0.15, -0.1) is 5.10 Å². The van der Waals surface area contributed by atoms with Crippen LogP contribution in [0.15, 0.2) is 35.3 Å². The van der Waals surface area contributed by atoms with Crippen molar-refractivity contribution in [1.82, 2.24) is 19.2 Å². The fourth-order valence-corrected chi connectivity index (χ4v) is 2.25. The van der Waals surface area contributed by atoms with Gasteiger partial charge < -0.3 is 9.67 Å². The smallest absolute Gasteiger partial charge is 0.342 e. The second-order valence-electron chi connectivity index (χ2n) is 5.00. The topological polar surface area (TPSA) is 89.5 Å². The van der Waals surface area contributed by atoms with Crippen molar-refractivity contribution in [3.8, 4) is 0 Å². The van der Waals surface area contributed by atoms with Crippen molar-refractivity contribution in [2.45, 2.75) is 19.9 Å². The predicted octanol–water partition coefficient (Wildman–Crippen LogP) is 1.34. The number of halogens is 1. The molecule has 0 amide bonds. The minimum absolute atomic E-state index is 0.242. The first kappa shape index (κ1) is 14.9. The molecule has 0 saturated carbocycles. The number of hydrogen-bond acceptors (Lipinski definition) is 4. The van der Waals surface area contributed by atoms with E-state index in [-0.39, 0.29) is 18.1 Å². The van der Waals surface area contributed by atoms with Crippen molar-refractivity contribution in [3.63, 3.8) is 0 Å². The molecule has 3 aromatic rings. The SMILES string of the molecule is CCc1nc2n(Cc3ccc(F)cc3)cc(C(=O)O)c(=O)n2n1. The molecule has 118 valence electrons. The van der Waals surface area contributed by atoms with Gasteiger partial charge in [0.25, 0.3) is 5.56 Å². The Balaban J connectivity index is 2.19. The molecule has 3 rings (SSSR count). The van der Waals surface area contributed by atoms with Crippen molar-refractivity contribution in [2.75, 3.05) is 0 Å². The highest BCUT2D eigenvalue weighted by Crippen LogP contribution is 2.09. The maximum Gasteiger partial charge on any atom is 0.342 e. The van der Waals surface area contributed by atoms with Crippen LogP contribution >= 0.6 is 0 Å². The minimum atomic E-state index is -1.33.